The van der Waals surface area contributed by atoms with Gasteiger partial charge in [0.1, 0.15) is 6.54 Å². The number of anilines is 2. The summed E-state index contributed by atoms with van der Waals surface area (Å²) in [6.07, 6.45) is 5.14. The van der Waals surface area contributed by atoms with E-state index in [1.165, 1.54) is 11.9 Å². The third kappa shape index (κ3) is 5.29. The van der Waals surface area contributed by atoms with Gasteiger partial charge in [-0.3, -0.25) is 14.5 Å². The van der Waals surface area contributed by atoms with Gasteiger partial charge in [-0.05, 0) is 97.1 Å². The summed E-state index contributed by atoms with van der Waals surface area (Å²) < 4.78 is 0. The van der Waals surface area contributed by atoms with Crippen molar-refractivity contribution in [2.75, 3.05) is 36.9 Å². The number of hydrogen-bond donors (Lipinski definition) is 2. The highest BCUT2D eigenvalue weighted by Crippen LogP contribution is 2.33. The van der Waals surface area contributed by atoms with Crippen molar-refractivity contribution >= 4 is 40.1 Å². The first-order chi connectivity index (χ1) is 19.9. The first-order valence-corrected chi connectivity index (χ1v) is 14.3. The number of para-hydroxylation sites is 2. The number of carbonyl (C=O) groups excluding carboxylic acids is 3. The number of likely N-dealkylation sites (N-methyl/N-ethyl adjacent to an activating group) is 1. The van der Waals surface area contributed by atoms with Crippen molar-refractivity contribution in [2.24, 2.45) is 0 Å². The van der Waals surface area contributed by atoms with Crippen LogP contribution < -0.4 is 10.2 Å². The number of unbranched alkanes of at least 4 members (excludes halogenated alkanes) is 1. The number of aryl methyl sites for hydroxylation is 1. The van der Waals surface area contributed by atoms with Crippen molar-refractivity contribution in [1.29, 1.82) is 0 Å². The van der Waals surface area contributed by atoms with Crippen LogP contribution in [0.25, 0.3) is 22.0 Å². The van der Waals surface area contributed by atoms with Gasteiger partial charge in [0.05, 0.1) is 11.4 Å². The molecule has 8 nitrogen and oxygen atoms in total. The highest BCUT2D eigenvalue weighted by molar-refractivity contribution is 6.08. The van der Waals surface area contributed by atoms with Crippen molar-refractivity contribution in [1.82, 2.24) is 14.8 Å². The number of aromatic amines is 1. The molecule has 2 N–H and O–H groups in total. The predicted molar refractivity (Wildman–Crippen MR) is 162 cm³/mol. The van der Waals surface area contributed by atoms with Crippen LogP contribution in [0.1, 0.15) is 42.1 Å². The summed E-state index contributed by atoms with van der Waals surface area (Å²) in [5, 5.41) is 4.67. The van der Waals surface area contributed by atoms with Gasteiger partial charge in [-0.15, -0.1) is 0 Å². The van der Waals surface area contributed by atoms with Gasteiger partial charge < -0.3 is 20.1 Å². The lowest BCUT2D eigenvalue weighted by atomic mass is 9.93. The van der Waals surface area contributed by atoms with E-state index in [0.717, 1.165) is 64.7 Å². The fourth-order valence-corrected chi connectivity index (χ4v) is 5.86. The van der Waals surface area contributed by atoms with E-state index in [1.54, 1.807) is 4.90 Å². The molecule has 41 heavy (non-hydrogen) atoms. The smallest absolute Gasteiger partial charge is 0.326 e. The Morgan fingerprint density at radius 1 is 1.00 bits per heavy atom. The standard InChI is InChI=1S/C33H35N5O3/c1-22-15-18-38(30-9-4-3-8-29(30)35-22)32(40)26-10-12-27(24-11-13-28-25(19-24)14-16-34-28)23(20-26)7-5-6-17-37-21-31(39)36(2)33(37)41/h3-4,8-14,16,19-20,22,34-35H,5-7,15,17-18,21H2,1-2H3/t22-/m0/s1. The zero-order valence-corrected chi connectivity index (χ0v) is 23.5. The molecule has 3 heterocycles. The fraction of sp³-hybridized carbons (Fsp3) is 0.303. The van der Waals surface area contributed by atoms with Crippen molar-refractivity contribution in [2.45, 2.75) is 38.6 Å². The molecule has 8 heteroatoms. The zero-order valence-electron chi connectivity index (χ0n) is 23.5. The van der Waals surface area contributed by atoms with Crippen LogP contribution in [0.15, 0.2) is 72.9 Å². The van der Waals surface area contributed by atoms with Crippen LogP contribution in [-0.4, -0.2) is 65.4 Å². The molecule has 0 unspecified atom stereocenters. The Labute approximate surface area is 239 Å². The normalized spacial score (nSPS) is 17.1. The minimum absolute atomic E-state index is 0.00792. The highest BCUT2D eigenvalue weighted by atomic mass is 16.2. The topological polar surface area (TPSA) is 88.8 Å². The molecule has 4 amide bonds. The molecule has 2 aliphatic heterocycles. The molecule has 2 aliphatic rings. The Bertz CT molecular complexity index is 1630. The lowest BCUT2D eigenvalue weighted by Crippen LogP contribution is -2.32. The van der Waals surface area contributed by atoms with Crippen molar-refractivity contribution < 1.29 is 14.4 Å². The van der Waals surface area contributed by atoms with Gasteiger partial charge in [0.15, 0.2) is 0 Å². The number of benzene rings is 3. The molecule has 1 aromatic heterocycles. The fourth-order valence-electron chi connectivity index (χ4n) is 5.86. The number of carbonyl (C=O) groups is 3. The molecule has 0 saturated carbocycles. The van der Waals surface area contributed by atoms with Gasteiger partial charge in [-0.25, -0.2) is 4.79 Å². The largest absolute Gasteiger partial charge is 0.381 e. The number of H-pyrrole nitrogens is 1. The second-order valence-electron chi connectivity index (χ2n) is 11.1. The molecule has 1 saturated heterocycles. The second-order valence-corrected chi connectivity index (χ2v) is 11.1. The molecule has 0 aliphatic carbocycles. The van der Waals surface area contributed by atoms with Crippen molar-refractivity contribution in [3.8, 4) is 11.1 Å². The molecule has 210 valence electrons. The Morgan fingerprint density at radius 2 is 1.85 bits per heavy atom. The quantitative estimate of drug-likeness (QED) is 0.222. The molecule has 0 spiro atoms. The van der Waals surface area contributed by atoms with Gasteiger partial charge in [-0.2, -0.15) is 0 Å². The molecule has 3 aromatic carbocycles. The van der Waals surface area contributed by atoms with E-state index in [4.69, 9.17) is 0 Å². The van der Waals surface area contributed by atoms with Crippen molar-refractivity contribution in [3.63, 3.8) is 0 Å². The molecular weight excluding hydrogens is 514 g/mol. The van der Waals surface area contributed by atoms with E-state index in [2.05, 4.69) is 47.6 Å². The average molecular weight is 550 g/mol. The minimum atomic E-state index is -0.232. The number of aromatic nitrogens is 1. The molecule has 1 fully saturated rings. The predicted octanol–water partition coefficient (Wildman–Crippen LogP) is 5.90. The Morgan fingerprint density at radius 3 is 2.68 bits per heavy atom. The Balaban J connectivity index is 1.28. The summed E-state index contributed by atoms with van der Waals surface area (Å²) in [5.74, 6) is -0.172. The van der Waals surface area contributed by atoms with E-state index in [1.807, 2.05) is 47.5 Å². The van der Waals surface area contributed by atoms with E-state index in [0.29, 0.717) is 18.7 Å². The van der Waals surface area contributed by atoms with Crippen LogP contribution in [0, 0.1) is 0 Å². The number of nitrogens with one attached hydrogen (secondary N) is 2. The minimum Gasteiger partial charge on any atom is -0.381 e. The molecule has 4 aromatic rings. The number of hydrogen-bond acceptors (Lipinski definition) is 4. The summed E-state index contributed by atoms with van der Waals surface area (Å²) in [5.41, 5.74) is 6.93. The maximum Gasteiger partial charge on any atom is 0.326 e. The van der Waals surface area contributed by atoms with Gasteiger partial charge in [0, 0.05) is 43.5 Å². The maximum atomic E-state index is 14.0. The Hall–Kier alpha value is -4.59. The number of rotatable bonds is 7. The van der Waals surface area contributed by atoms with Crippen LogP contribution in [0.5, 0.6) is 0 Å². The number of urea groups is 1. The molecule has 1 atom stereocenters. The van der Waals surface area contributed by atoms with Crippen LogP contribution in [-0.2, 0) is 11.2 Å². The first-order valence-electron chi connectivity index (χ1n) is 14.3. The Kier molecular flexibility index (Phi) is 7.22. The van der Waals surface area contributed by atoms with Crippen LogP contribution in [0.3, 0.4) is 0 Å². The molecule has 0 radical (unpaired) electrons. The van der Waals surface area contributed by atoms with Gasteiger partial charge in [0.25, 0.3) is 5.91 Å². The third-order valence-corrected chi connectivity index (χ3v) is 8.23. The third-order valence-electron chi connectivity index (χ3n) is 8.23. The van der Waals surface area contributed by atoms with Gasteiger partial charge >= 0.3 is 6.03 Å². The lowest BCUT2D eigenvalue weighted by Gasteiger charge is -2.23. The van der Waals surface area contributed by atoms with Gasteiger partial charge in [0.2, 0.25) is 5.91 Å². The summed E-state index contributed by atoms with van der Waals surface area (Å²) in [7, 11) is 1.53. The zero-order chi connectivity index (χ0) is 28.5. The summed E-state index contributed by atoms with van der Waals surface area (Å²) >= 11 is 0. The van der Waals surface area contributed by atoms with Crippen LogP contribution in [0.2, 0.25) is 0 Å². The number of amides is 4. The number of nitrogens with zero attached hydrogens (tertiary/aromatic N) is 3. The molecular formula is C33H35N5O3. The molecule has 6 rings (SSSR count). The summed E-state index contributed by atoms with van der Waals surface area (Å²) in [6.45, 7) is 3.46. The van der Waals surface area contributed by atoms with E-state index in [9.17, 15) is 14.4 Å². The summed E-state index contributed by atoms with van der Waals surface area (Å²) in [4.78, 5) is 46.1. The van der Waals surface area contributed by atoms with Crippen LogP contribution >= 0.6 is 0 Å². The van der Waals surface area contributed by atoms with E-state index < -0.39 is 0 Å². The SMILES string of the molecule is C[C@H]1CCN(C(=O)c2ccc(-c3ccc4[nH]ccc4c3)c(CCCCN3CC(=O)N(C)C3=O)c2)c2ccccc2N1. The van der Waals surface area contributed by atoms with E-state index in [-0.39, 0.29) is 30.4 Å². The highest BCUT2D eigenvalue weighted by Gasteiger charge is 2.32. The van der Waals surface area contributed by atoms with E-state index >= 15 is 0 Å². The van der Waals surface area contributed by atoms with Crippen LogP contribution in [0.4, 0.5) is 16.2 Å². The average Bonchev–Trinajstić information content (AvgIpc) is 3.49. The van der Waals surface area contributed by atoms with Gasteiger partial charge in [-0.1, -0.05) is 24.3 Å². The maximum absolute atomic E-state index is 14.0. The lowest BCUT2D eigenvalue weighted by molar-refractivity contribution is -0.124. The monoisotopic (exact) mass is 549 g/mol. The summed E-state index contributed by atoms with van der Waals surface area (Å²) in [6, 6.07) is 22.5. The second kappa shape index (κ2) is 11.1. The van der Waals surface area contributed by atoms with Crippen molar-refractivity contribution in [3.05, 3.63) is 84.1 Å². The number of imide groups is 1. The first kappa shape index (κ1) is 26.6. The molecule has 0 bridgehead atoms. The number of fused-ring (bicyclic) bond motifs is 2.